The van der Waals surface area contributed by atoms with Crippen LogP contribution in [0.3, 0.4) is 0 Å². The second-order valence-electron chi connectivity index (χ2n) is 5.44. The molecule has 0 saturated carbocycles. The molecular weight excluding hydrogens is 284 g/mol. The van der Waals surface area contributed by atoms with E-state index in [1.165, 1.54) is 23.6 Å². The maximum absolute atomic E-state index is 12.7. The molecule has 0 bridgehead atoms. The van der Waals surface area contributed by atoms with Gasteiger partial charge in [0.05, 0.1) is 11.4 Å². The van der Waals surface area contributed by atoms with Gasteiger partial charge in [0, 0.05) is 25.0 Å². The Labute approximate surface area is 127 Å². The molecule has 6 nitrogen and oxygen atoms in total. The van der Waals surface area contributed by atoms with E-state index in [0.717, 1.165) is 0 Å². The van der Waals surface area contributed by atoms with E-state index >= 15 is 0 Å². The van der Waals surface area contributed by atoms with Gasteiger partial charge >= 0.3 is 11.8 Å². The number of fused-ring (bicyclic) bond motifs is 3. The molecule has 0 N–H and O–H groups in total. The number of benzene rings is 1. The van der Waals surface area contributed by atoms with Gasteiger partial charge in [0.15, 0.2) is 0 Å². The van der Waals surface area contributed by atoms with E-state index in [1.54, 1.807) is 38.1 Å². The quantitative estimate of drug-likeness (QED) is 0.744. The highest BCUT2D eigenvalue weighted by molar-refractivity contribution is 6.18. The molecular formula is C16H16N2O4. The van der Waals surface area contributed by atoms with E-state index in [1.807, 2.05) is 0 Å². The van der Waals surface area contributed by atoms with Gasteiger partial charge in [-0.25, -0.2) is 9.80 Å². The Bertz CT molecular complexity index is 752. The molecule has 2 heterocycles. The molecule has 2 aliphatic rings. The van der Waals surface area contributed by atoms with Crippen molar-refractivity contribution in [1.29, 1.82) is 0 Å². The predicted octanol–water partition coefficient (Wildman–Crippen LogP) is 1.95. The number of hydrogen-bond donors (Lipinski definition) is 0. The third-order valence-corrected chi connectivity index (χ3v) is 4.15. The van der Waals surface area contributed by atoms with Gasteiger partial charge in [0.25, 0.3) is 5.91 Å². The summed E-state index contributed by atoms with van der Waals surface area (Å²) in [7, 11) is 0. The highest BCUT2D eigenvalue weighted by Crippen LogP contribution is 2.53. The number of anilines is 2. The van der Waals surface area contributed by atoms with Gasteiger partial charge in [0.1, 0.15) is 0 Å². The summed E-state index contributed by atoms with van der Waals surface area (Å²) in [5, 5.41) is 0. The SMILES string of the molecule is CC(=O)O[C@]12C(C)=C(C)C(=O)N1c1ccccc1N2C(C)=O. The second-order valence-corrected chi connectivity index (χ2v) is 5.44. The fourth-order valence-corrected chi connectivity index (χ4v) is 3.17. The smallest absolute Gasteiger partial charge is 0.306 e. The maximum Gasteiger partial charge on any atom is 0.306 e. The fourth-order valence-electron chi connectivity index (χ4n) is 3.17. The lowest BCUT2D eigenvalue weighted by Crippen LogP contribution is -2.60. The number of esters is 1. The molecule has 0 fully saturated rings. The van der Waals surface area contributed by atoms with Crippen LogP contribution in [0.2, 0.25) is 0 Å². The van der Waals surface area contributed by atoms with Crippen molar-refractivity contribution in [2.45, 2.75) is 33.5 Å². The number of para-hydroxylation sites is 2. The van der Waals surface area contributed by atoms with Crippen LogP contribution >= 0.6 is 0 Å². The third kappa shape index (κ3) is 1.52. The van der Waals surface area contributed by atoms with E-state index in [2.05, 4.69) is 0 Å². The summed E-state index contributed by atoms with van der Waals surface area (Å²) in [5.74, 6) is -2.67. The molecule has 3 rings (SSSR count). The van der Waals surface area contributed by atoms with Crippen molar-refractivity contribution in [3.63, 3.8) is 0 Å². The first-order valence-corrected chi connectivity index (χ1v) is 6.94. The number of carbonyl (C=O) groups excluding carboxylic acids is 3. The van der Waals surface area contributed by atoms with E-state index in [0.29, 0.717) is 22.5 Å². The van der Waals surface area contributed by atoms with Gasteiger partial charge in [-0.3, -0.25) is 14.4 Å². The highest BCUT2D eigenvalue weighted by atomic mass is 16.6. The van der Waals surface area contributed by atoms with Gasteiger partial charge in [-0.2, -0.15) is 0 Å². The molecule has 22 heavy (non-hydrogen) atoms. The third-order valence-electron chi connectivity index (χ3n) is 4.15. The minimum atomic E-state index is -1.53. The second kappa shape index (κ2) is 4.43. The summed E-state index contributed by atoms with van der Waals surface area (Å²) in [6.07, 6.45) is 0. The summed E-state index contributed by atoms with van der Waals surface area (Å²) in [5.41, 5.74) is 2.12. The molecule has 0 aliphatic carbocycles. The van der Waals surface area contributed by atoms with Gasteiger partial charge in [0.2, 0.25) is 5.91 Å². The Hall–Kier alpha value is -2.63. The van der Waals surface area contributed by atoms with Gasteiger partial charge in [-0.15, -0.1) is 0 Å². The largest absolute Gasteiger partial charge is 0.415 e. The lowest BCUT2D eigenvalue weighted by Gasteiger charge is -2.38. The Balaban J connectivity index is 2.35. The summed E-state index contributed by atoms with van der Waals surface area (Å²) in [4.78, 5) is 39.4. The molecule has 0 unspecified atom stereocenters. The summed E-state index contributed by atoms with van der Waals surface area (Å²) >= 11 is 0. The number of rotatable bonds is 1. The predicted molar refractivity (Wildman–Crippen MR) is 80.0 cm³/mol. The van der Waals surface area contributed by atoms with Crippen molar-refractivity contribution < 1.29 is 19.1 Å². The first kappa shape index (κ1) is 14.3. The van der Waals surface area contributed by atoms with Crippen molar-refractivity contribution in [1.82, 2.24) is 0 Å². The number of hydrogen-bond acceptors (Lipinski definition) is 4. The minimum absolute atomic E-state index is 0.269. The Morgan fingerprint density at radius 2 is 1.68 bits per heavy atom. The van der Waals surface area contributed by atoms with Crippen molar-refractivity contribution in [3.05, 3.63) is 35.4 Å². The monoisotopic (exact) mass is 300 g/mol. The Kier molecular flexibility index (Phi) is 2.88. The number of ether oxygens (including phenoxy) is 1. The molecule has 0 aromatic heterocycles. The fraction of sp³-hybridized carbons (Fsp3) is 0.312. The van der Waals surface area contributed by atoms with Gasteiger partial charge in [-0.1, -0.05) is 12.1 Å². The van der Waals surface area contributed by atoms with Gasteiger partial charge in [-0.05, 0) is 26.0 Å². The van der Waals surface area contributed by atoms with E-state index < -0.39 is 11.8 Å². The Morgan fingerprint density at radius 1 is 1.09 bits per heavy atom. The van der Waals surface area contributed by atoms with Crippen LogP contribution in [0.5, 0.6) is 0 Å². The van der Waals surface area contributed by atoms with Crippen LogP contribution in [-0.4, -0.2) is 23.6 Å². The van der Waals surface area contributed by atoms with Gasteiger partial charge < -0.3 is 4.74 Å². The molecule has 0 saturated heterocycles. The minimum Gasteiger partial charge on any atom is -0.415 e. The van der Waals surface area contributed by atoms with Crippen LogP contribution in [0, 0.1) is 0 Å². The molecule has 1 atom stereocenters. The van der Waals surface area contributed by atoms with E-state index in [-0.39, 0.29) is 11.8 Å². The van der Waals surface area contributed by atoms with Crippen molar-refractivity contribution in [2.24, 2.45) is 0 Å². The average Bonchev–Trinajstić information content (AvgIpc) is 2.82. The van der Waals surface area contributed by atoms with Crippen molar-refractivity contribution in [2.75, 3.05) is 9.80 Å². The van der Waals surface area contributed by atoms with Crippen molar-refractivity contribution in [3.8, 4) is 0 Å². The average molecular weight is 300 g/mol. The number of carbonyl (C=O) groups is 3. The van der Waals surface area contributed by atoms with Crippen LogP contribution in [0.15, 0.2) is 35.4 Å². The summed E-state index contributed by atoms with van der Waals surface area (Å²) in [6, 6.07) is 7.02. The zero-order chi connectivity index (χ0) is 16.2. The standard InChI is InChI=1S/C16H16N2O4/c1-9-10(2)16(22-12(4)20)17(11(3)19)13-7-5-6-8-14(13)18(16)15(9)21/h5-8H,1-4H3/t16-/m0/s1. The maximum atomic E-state index is 12.7. The molecule has 1 aromatic rings. The van der Waals surface area contributed by atoms with Crippen LogP contribution in [0.25, 0.3) is 0 Å². The van der Waals surface area contributed by atoms with E-state index in [9.17, 15) is 14.4 Å². The normalized spacial score (nSPS) is 22.8. The molecule has 2 amide bonds. The zero-order valence-corrected chi connectivity index (χ0v) is 12.8. The Morgan fingerprint density at radius 3 is 2.23 bits per heavy atom. The van der Waals surface area contributed by atoms with Crippen LogP contribution in [-0.2, 0) is 19.1 Å². The first-order chi connectivity index (χ1) is 10.3. The zero-order valence-electron chi connectivity index (χ0n) is 12.8. The lowest BCUT2D eigenvalue weighted by atomic mass is 10.1. The van der Waals surface area contributed by atoms with Crippen LogP contribution in [0.4, 0.5) is 11.4 Å². The lowest BCUT2D eigenvalue weighted by molar-refractivity contribution is -0.154. The van der Waals surface area contributed by atoms with Crippen LogP contribution < -0.4 is 9.80 Å². The topological polar surface area (TPSA) is 66.9 Å². The summed E-state index contributed by atoms with van der Waals surface area (Å²) < 4.78 is 5.55. The molecule has 1 aromatic carbocycles. The molecule has 0 radical (unpaired) electrons. The first-order valence-electron chi connectivity index (χ1n) is 6.94. The molecule has 0 spiro atoms. The summed E-state index contributed by atoms with van der Waals surface area (Å²) in [6.45, 7) is 6.02. The molecule has 114 valence electrons. The highest BCUT2D eigenvalue weighted by Gasteiger charge is 2.62. The molecule has 2 aliphatic heterocycles. The van der Waals surface area contributed by atoms with E-state index in [4.69, 9.17) is 4.74 Å². The van der Waals surface area contributed by atoms with Crippen molar-refractivity contribution >= 4 is 29.2 Å². The number of nitrogens with zero attached hydrogens (tertiary/aromatic N) is 2. The van der Waals surface area contributed by atoms with Crippen LogP contribution in [0.1, 0.15) is 27.7 Å². The molecule has 6 heteroatoms. The number of amides is 2.